The summed E-state index contributed by atoms with van der Waals surface area (Å²) in [6.45, 7) is 2.93. The van der Waals surface area contributed by atoms with Crippen LogP contribution in [-0.4, -0.2) is 53.8 Å². The second kappa shape index (κ2) is 8.07. The van der Waals surface area contributed by atoms with Gasteiger partial charge in [0.25, 0.3) is 0 Å². The number of amides is 2. The van der Waals surface area contributed by atoms with Crippen molar-refractivity contribution in [2.24, 2.45) is 11.8 Å². The minimum absolute atomic E-state index is 0.127. The Hall–Kier alpha value is -2.96. The van der Waals surface area contributed by atoms with E-state index in [0.717, 1.165) is 29.7 Å². The van der Waals surface area contributed by atoms with E-state index < -0.39 is 17.9 Å². The molecule has 2 aromatic carbocycles. The van der Waals surface area contributed by atoms with E-state index >= 15 is 0 Å². The fourth-order valence-electron chi connectivity index (χ4n) is 6.12. The van der Waals surface area contributed by atoms with Gasteiger partial charge in [-0.2, -0.15) is 0 Å². The van der Waals surface area contributed by atoms with Gasteiger partial charge >= 0.3 is 0 Å². The number of hydrogen-bond donors (Lipinski definition) is 0. The smallest absolute Gasteiger partial charge is 0.235 e. The largest absolute Gasteiger partial charge is 0.376 e. The highest BCUT2D eigenvalue weighted by molar-refractivity contribution is 6.30. The van der Waals surface area contributed by atoms with Crippen LogP contribution in [0.2, 0.25) is 5.02 Å². The molecule has 0 saturated carbocycles. The van der Waals surface area contributed by atoms with Crippen LogP contribution in [0.3, 0.4) is 0 Å². The number of para-hydroxylation sites is 1. The molecule has 4 heterocycles. The summed E-state index contributed by atoms with van der Waals surface area (Å²) in [6.07, 6.45) is 3.69. The van der Waals surface area contributed by atoms with Crippen molar-refractivity contribution in [1.82, 2.24) is 4.90 Å². The quantitative estimate of drug-likeness (QED) is 0.493. The second-order valence-corrected chi connectivity index (χ2v) is 9.99. The van der Waals surface area contributed by atoms with Gasteiger partial charge in [0.15, 0.2) is 5.78 Å². The number of ketones is 1. The number of imide groups is 1. The van der Waals surface area contributed by atoms with Gasteiger partial charge in [-0.1, -0.05) is 35.9 Å². The third-order valence-corrected chi connectivity index (χ3v) is 7.91. The molecule has 3 fully saturated rings. The van der Waals surface area contributed by atoms with Crippen molar-refractivity contribution in [2.45, 2.75) is 38.0 Å². The fourth-order valence-corrected chi connectivity index (χ4v) is 6.24. The average Bonchev–Trinajstić information content (AvgIpc) is 3.53. The third-order valence-electron chi connectivity index (χ3n) is 7.65. The van der Waals surface area contributed by atoms with E-state index in [4.69, 9.17) is 16.3 Å². The summed E-state index contributed by atoms with van der Waals surface area (Å²) in [4.78, 5) is 44.7. The number of allylic oxidation sites excluding steroid dienone is 1. The zero-order valence-corrected chi connectivity index (χ0v) is 19.6. The van der Waals surface area contributed by atoms with Crippen molar-refractivity contribution >= 4 is 40.5 Å². The van der Waals surface area contributed by atoms with E-state index in [-0.39, 0.29) is 36.3 Å². The Morgan fingerprint density at radius 3 is 2.53 bits per heavy atom. The van der Waals surface area contributed by atoms with Crippen molar-refractivity contribution < 1.29 is 19.1 Å². The first-order valence-electron chi connectivity index (χ1n) is 11.8. The first-order chi connectivity index (χ1) is 16.5. The van der Waals surface area contributed by atoms with E-state index in [1.54, 1.807) is 24.3 Å². The number of ether oxygens (including phenoxy) is 1. The Morgan fingerprint density at radius 2 is 1.79 bits per heavy atom. The van der Waals surface area contributed by atoms with Crippen LogP contribution in [0.5, 0.6) is 0 Å². The van der Waals surface area contributed by atoms with Gasteiger partial charge in [-0.05, 0) is 55.7 Å². The number of benzene rings is 2. The normalized spacial score (nSPS) is 29.7. The summed E-state index contributed by atoms with van der Waals surface area (Å²) in [6, 6.07) is 13.5. The van der Waals surface area contributed by atoms with E-state index in [9.17, 15) is 14.4 Å². The van der Waals surface area contributed by atoms with Gasteiger partial charge in [-0.15, -0.1) is 0 Å². The molecule has 6 nitrogen and oxygen atoms in total. The molecule has 174 valence electrons. The number of Topliss-reactive ketones (excluding diaryl/α,β-unsaturated/α-hetero) is 1. The molecule has 7 heteroatoms. The molecule has 2 aromatic rings. The monoisotopic (exact) mass is 476 g/mol. The molecule has 4 aliphatic heterocycles. The number of halogens is 1. The van der Waals surface area contributed by atoms with Crippen molar-refractivity contribution in [1.29, 1.82) is 0 Å². The van der Waals surface area contributed by atoms with Gasteiger partial charge in [0.05, 0.1) is 30.5 Å². The Bertz CT molecular complexity index is 1220. The lowest BCUT2D eigenvalue weighted by Gasteiger charge is -2.38. The lowest BCUT2D eigenvalue weighted by molar-refractivity contribution is -0.142. The zero-order valence-electron chi connectivity index (χ0n) is 18.8. The third kappa shape index (κ3) is 3.16. The Labute approximate surface area is 203 Å². The van der Waals surface area contributed by atoms with Gasteiger partial charge in [-0.3, -0.25) is 19.3 Å². The Morgan fingerprint density at radius 1 is 1.06 bits per heavy atom. The van der Waals surface area contributed by atoms with Crippen molar-refractivity contribution in [3.05, 3.63) is 70.8 Å². The van der Waals surface area contributed by atoms with Gasteiger partial charge in [0.2, 0.25) is 11.8 Å². The highest BCUT2D eigenvalue weighted by Crippen LogP contribution is 2.50. The Balaban J connectivity index is 1.45. The molecule has 0 bridgehead atoms. The van der Waals surface area contributed by atoms with E-state index in [0.29, 0.717) is 17.2 Å². The number of hydrogen-bond acceptors (Lipinski definition) is 5. The lowest BCUT2D eigenvalue weighted by atomic mass is 9.85. The van der Waals surface area contributed by atoms with Crippen LogP contribution in [0, 0.1) is 11.8 Å². The number of nitrogens with zero attached hydrogens (tertiary/aromatic N) is 2. The fraction of sp³-hybridized carbons (Fsp3) is 0.370. The Kier molecular flexibility index (Phi) is 5.12. The summed E-state index contributed by atoms with van der Waals surface area (Å²) in [7, 11) is 0. The molecule has 0 aliphatic carbocycles. The van der Waals surface area contributed by atoms with E-state index in [1.165, 1.54) is 4.90 Å². The molecule has 0 unspecified atom stereocenters. The summed E-state index contributed by atoms with van der Waals surface area (Å²) in [5.74, 6) is -1.97. The number of fused-ring (bicyclic) bond motifs is 5. The molecular weight excluding hydrogens is 452 g/mol. The van der Waals surface area contributed by atoms with Gasteiger partial charge in [-0.25, -0.2) is 0 Å². The molecule has 4 aliphatic rings. The number of rotatable bonds is 4. The second-order valence-electron chi connectivity index (χ2n) is 9.55. The molecular formula is C27H25ClN2O4. The molecule has 6 rings (SSSR count). The van der Waals surface area contributed by atoms with E-state index in [1.807, 2.05) is 36.1 Å². The van der Waals surface area contributed by atoms with Crippen LogP contribution in [0.4, 0.5) is 5.69 Å². The highest BCUT2D eigenvalue weighted by Gasteiger charge is 2.64. The van der Waals surface area contributed by atoms with Gasteiger partial charge in [0.1, 0.15) is 6.04 Å². The summed E-state index contributed by atoms with van der Waals surface area (Å²) < 4.78 is 5.71. The molecule has 0 N–H and O–H groups in total. The van der Waals surface area contributed by atoms with Crippen LogP contribution in [-0.2, 0) is 14.3 Å². The highest BCUT2D eigenvalue weighted by atomic mass is 35.5. The molecule has 0 radical (unpaired) electrons. The standard InChI is InChI=1S/C27H25ClN2O4/c1-15-13-21-22-23(27(33)29(26(22)32)14-18-5-4-12-34-18)24(25(31)16-8-10-17(28)11-9-16)30(21)20-7-3-2-6-19(15)20/h2-3,6-11,13,18,21-24H,4-5,12,14H2,1H3/t18-,21+,22+,23+,24+/m0/s1. The summed E-state index contributed by atoms with van der Waals surface area (Å²) >= 11 is 6.05. The van der Waals surface area contributed by atoms with Crippen LogP contribution in [0.15, 0.2) is 54.6 Å². The van der Waals surface area contributed by atoms with Crippen LogP contribution in [0.1, 0.15) is 35.7 Å². The predicted molar refractivity (Wildman–Crippen MR) is 129 cm³/mol. The first-order valence-corrected chi connectivity index (χ1v) is 12.2. The van der Waals surface area contributed by atoms with Crippen LogP contribution in [0.25, 0.3) is 5.57 Å². The first kappa shape index (κ1) is 21.6. The number of carbonyl (C=O) groups is 3. The minimum atomic E-state index is -0.771. The molecule has 3 saturated heterocycles. The molecule has 0 spiro atoms. The maximum Gasteiger partial charge on any atom is 0.235 e. The van der Waals surface area contributed by atoms with Gasteiger partial charge in [0, 0.05) is 28.4 Å². The summed E-state index contributed by atoms with van der Waals surface area (Å²) in [5.41, 5.74) is 3.44. The topological polar surface area (TPSA) is 66.9 Å². The maximum atomic E-state index is 13.9. The number of likely N-dealkylation sites (tertiary alicyclic amines) is 1. The van der Waals surface area contributed by atoms with E-state index in [2.05, 4.69) is 6.08 Å². The average molecular weight is 477 g/mol. The van der Waals surface area contributed by atoms with Crippen molar-refractivity contribution in [3.8, 4) is 0 Å². The number of anilines is 1. The predicted octanol–water partition coefficient (Wildman–Crippen LogP) is 3.98. The lowest BCUT2D eigenvalue weighted by Crippen LogP contribution is -2.49. The molecule has 2 amide bonds. The summed E-state index contributed by atoms with van der Waals surface area (Å²) in [5, 5.41) is 0.537. The number of carbonyl (C=O) groups excluding carboxylic acids is 3. The zero-order chi connectivity index (χ0) is 23.6. The van der Waals surface area contributed by atoms with Crippen molar-refractivity contribution in [3.63, 3.8) is 0 Å². The van der Waals surface area contributed by atoms with Crippen LogP contribution < -0.4 is 4.90 Å². The molecule has 5 atom stereocenters. The molecule has 34 heavy (non-hydrogen) atoms. The SMILES string of the molecule is CC1=C[C@@H]2[C@H]3C(=O)N(C[C@@H]4CCCO4)C(=O)[C@H]3[C@H](C(=O)c3ccc(Cl)cc3)N2c2ccccc21. The van der Waals surface area contributed by atoms with Gasteiger partial charge < -0.3 is 9.64 Å². The maximum absolute atomic E-state index is 13.9. The molecule has 0 aromatic heterocycles. The minimum Gasteiger partial charge on any atom is -0.376 e. The van der Waals surface area contributed by atoms with Crippen LogP contribution >= 0.6 is 11.6 Å². The van der Waals surface area contributed by atoms with Crippen molar-refractivity contribution in [2.75, 3.05) is 18.1 Å².